The van der Waals surface area contributed by atoms with Gasteiger partial charge in [0.25, 0.3) is 9.05 Å². The maximum absolute atomic E-state index is 13.0. The molecular weight excluding hydrogens is 291 g/mol. The number of rotatable bonds is 2. The molecule has 0 aliphatic rings. The van der Waals surface area contributed by atoms with E-state index in [0.29, 0.717) is 0 Å². The van der Waals surface area contributed by atoms with Gasteiger partial charge in [0.15, 0.2) is 23.3 Å². The lowest BCUT2D eigenvalue weighted by molar-refractivity contribution is 0.377. The van der Waals surface area contributed by atoms with Crippen molar-refractivity contribution in [2.45, 2.75) is 0 Å². The molecule has 0 aliphatic heterocycles. The number of halogens is 6. The minimum atomic E-state index is -4.27. The van der Waals surface area contributed by atoms with E-state index >= 15 is 0 Å². The SMILES string of the molecule is O=S(=O)(Cl)C=Cc1c(F)c(F)c(F)c(F)c1F. The highest BCUT2D eigenvalue weighted by molar-refractivity contribution is 8.16. The average molecular weight is 293 g/mol. The highest BCUT2D eigenvalue weighted by atomic mass is 35.7. The molecule has 0 aromatic heterocycles. The summed E-state index contributed by atoms with van der Waals surface area (Å²) in [5.74, 6) is -11.0. The zero-order chi connectivity index (χ0) is 13.4. The molecule has 0 unspecified atom stereocenters. The summed E-state index contributed by atoms with van der Waals surface area (Å²) < 4.78 is 84.7. The molecule has 0 atom stereocenters. The fourth-order valence-electron chi connectivity index (χ4n) is 0.918. The van der Waals surface area contributed by atoms with Gasteiger partial charge in [0.05, 0.1) is 5.56 Å². The normalized spacial score (nSPS) is 12.4. The summed E-state index contributed by atoms with van der Waals surface area (Å²) in [5.41, 5.74) is -1.38. The molecule has 0 bridgehead atoms. The van der Waals surface area contributed by atoms with E-state index in [1.165, 1.54) is 0 Å². The molecular formula is C8H2ClF5O2S. The summed E-state index contributed by atoms with van der Waals surface area (Å²) in [5, 5.41) is 0.104. The average Bonchev–Trinajstić information content (AvgIpc) is 2.22. The van der Waals surface area contributed by atoms with Crippen LogP contribution in [0.4, 0.5) is 22.0 Å². The standard InChI is InChI=1S/C8H2ClF5O2S/c9-17(15,16)2-1-3-4(10)6(12)8(14)7(13)5(3)11/h1-2H. The molecule has 0 amide bonds. The molecule has 94 valence electrons. The summed E-state index contributed by atoms with van der Waals surface area (Å²) >= 11 is 0. The van der Waals surface area contributed by atoms with Crippen molar-refractivity contribution in [3.8, 4) is 0 Å². The lowest BCUT2D eigenvalue weighted by Crippen LogP contribution is -2.04. The summed E-state index contributed by atoms with van der Waals surface area (Å²) in [6.07, 6.45) is 0.179. The number of benzene rings is 1. The van der Waals surface area contributed by atoms with E-state index in [1.54, 1.807) is 0 Å². The summed E-state index contributed by atoms with van der Waals surface area (Å²) in [7, 11) is 0.406. The molecule has 0 spiro atoms. The van der Waals surface area contributed by atoms with Crippen LogP contribution in [0, 0.1) is 29.1 Å². The van der Waals surface area contributed by atoms with Crippen molar-refractivity contribution in [1.82, 2.24) is 0 Å². The van der Waals surface area contributed by atoms with Gasteiger partial charge >= 0.3 is 0 Å². The Labute approximate surface area is 96.7 Å². The Bertz CT molecular complexity index is 567. The highest BCUT2D eigenvalue weighted by Gasteiger charge is 2.24. The summed E-state index contributed by atoms with van der Waals surface area (Å²) in [4.78, 5) is 0. The summed E-state index contributed by atoms with van der Waals surface area (Å²) in [6.45, 7) is 0. The Morgan fingerprint density at radius 2 is 1.18 bits per heavy atom. The van der Waals surface area contributed by atoms with Crippen molar-refractivity contribution in [3.63, 3.8) is 0 Å². The molecule has 0 radical (unpaired) electrons. The minimum absolute atomic E-state index is 0.104. The molecule has 0 heterocycles. The Morgan fingerprint density at radius 1 is 0.824 bits per heavy atom. The lowest BCUT2D eigenvalue weighted by Gasteiger charge is -2.03. The molecule has 1 rings (SSSR count). The highest BCUT2D eigenvalue weighted by Crippen LogP contribution is 2.24. The molecule has 9 heteroatoms. The Hall–Kier alpha value is -1.15. The molecule has 1 aromatic carbocycles. The van der Waals surface area contributed by atoms with Crippen molar-refractivity contribution in [3.05, 3.63) is 40.1 Å². The van der Waals surface area contributed by atoms with Crippen molar-refractivity contribution in [2.75, 3.05) is 0 Å². The van der Waals surface area contributed by atoms with Crippen LogP contribution < -0.4 is 0 Å². The first-order valence-electron chi connectivity index (χ1n) is 3.79. The van der Waals surface area contributed by atoms with Gasteiger partial charge in [-0.3, -0.25) is 0 Å². The van der Waals surface area contributed by atoms with Gasteiger partial charge in [-0.15, -0.1) is 0 Å². The zero-order valence-electron chi connectivity index (χ0n) is 7.65. The van der Waals surface area contributed by atoms with Crippen LogP contribution in [-0.2, 0) is 9.05 Å². The van der Waals surface area contributed by atoms with Gasteiger partial charge in [-0.2, -0.15) is 0 Å². The minimum Gasteiger partial charge on any atom is -0.208 e. The number of hydrogen-bond donors (Lipinski definition) is 0. The first-order valence-corrected chi connectivity index (χ1v) is 6.16. The van der Waals surface area contributed by atoms with Crippen molar-refractivity contribution >= 4 is 25.8 Å². The van der Waals surface area contributed by atoms with Crippen molar-refractivity contribution in [2.24, 2.45) is 0 Å². The van der Waals surface area contributed by atoms with Crippen molar-refractivity contribution in [1.29, 1.82) is 0 Å². The molecule has 0 aliphatic carbocycles. The van der Waals surface area contributed by atoms with Gasteiger partial charge in [-0.25, -0.2) is 30.4 Å². The molecule has 17 heavy (non-hydrogen) atoms. The maximum atomic E-state index is 13.0. The summed E-state index contributed by atoms with van der Waals surface area (Å²) in [6, 6.07) is 0. The van der Waals surface area contributed by atoms with Crippen LogP contribution in [0.5, 0.6) is 0 Å². The second-order valence-corrected chi connectivity index (χ2v) is 5.28. The third-order valence-electron chi connectivity index (χ3n) is 1.64. The second-order valence-electron chi connectivity index (χ2n) is 2.76. The first kappa shape index (κ1) is 13.9. The third kappa shape index (κ3) is 2.95. The van der Waals surface area contributed by atoms with E-state index in [2.05, 4.69) is 10.7 Å². The van der Waals surface area contributed by atoms with E-state index in [1.807, 2.05) is 0 Å². The Morgan fingerprint density at radius 3 is 1.53 bits per heavy atom. The predicted molar refractivity (Wildman–Crippen MR) is 50.0 cm³/mol. The van der Waals surface area contributed by atoms with Gasteiger partial charge in [0, 0.05) is 16.1 Å². The predicted octanol–water partition coefficient (Wildman–Crippen LogP) is 2.92. The van der Waals surface area contributed by atoms with Gasteiger partial charge in [0.2, 0.25) is 5.82 Å². The van der Waals surface area contributed by atoms with E-state index in [4.69, 9.17) is 0 Å². The maximum Gasteiger partial charge on any atom is 0.254 e. The first-order chi connectivity index (χ1) is 7.65. The molecule has 1 aromatic rings. The molecule has 0 saturated heterocycles. The van der Waals surface area contributed by atoms with Crippen LogP contribution in [0.15, 0.2) is 5.41 Å². The quantitative estimate of drug-likeness (QED) is 0.363. The van der Waals surface area contributed by atoms with E-state index in [-0.39, 0.29) is 11.5 Å². The van der Waals surface area contributed by atoms with Gasteiger partial charge in [-0.05, 0) is 6.08 Å². The van der Waals surface area contributed by atoms with Gasteiger partial charge in [-0.1, -0.05) is 0 Å². The van der Waals surface area contributed by atoms with Crippen LogP contribution in [0.1, 0.15) is 5.56 Å². The molecule has 0 saturated carbocycles. The molecule has 2 nitrogen and oxygen atoms in total. The number of hydrogen-bond acceptors (Lipinski definition) is 2. The van der Waals surface area contributed by atoms with Crippen LogP contribution in [0.25, 0.3) is 6.08 Å². The Kier molecular flexibility index (Phi) is 3.78. The monoisotopic (exact) mass is 292 g/mol. The topological polar surface area (TPSA) is 34.1 Å². The largest absolute Gasteiger partial charge is 0.254 e. The van der Waals surface area contributed by atoms with Crippen LogP contribution in [0.3, 0.4) is 0 Å². The Balaban J connectivity index is 3.51. The fraction of sp³-hybridized carbons (Fsp3) is 0. The van der Waals surface area contributed by atoms with Gasteiger partial charge in [0.1, 0.15) is 0 Å². The van der Waals surface area contributed by atoms with Crippen LogP contribution in [-0.4, -0.2) is 8.42 Å². The van der Waals surface area contributed by atoms with Crippen molar-refractivity contribution < 1.29 is 30.4 Å². The van der Waals surface area contributed by atoms with Crippen LogP contribution in [0.2, 0.25) is 0 Å². The smallest absolute Gasteiger partial charge is 0.208 e. The van der Waals surface area contributed by atoms with Crippen LogP contribution >= 0.6 is 10.7 Å². The fourth-order valence-corrected chi connectivity index (χ4v) is 1.37. The second kappa shape index (κ2) is 4.61. The zero-order valence-corrected chi connectivity index (χ0v) is 9.22. The third-order valence-corrected chi connectivity index (χ3v) is 2.41. The lowest BCUT2D eigenvalue weighted by atomic mass is 10.1. The van der Waals surface area contributed by atoms with E-state index < -0.39 is 43.7 Å². The molecule has 0 fully saturated rings. The molecule has 0 N–H and O–H groups in total. The van der Waals surface area contributed by atoms with E-state index in [0.717, 1.165) is 0 Å². The van der Waals surface area contributed by atoms with E-state index in [9.17, 15) is 30.4 Å². The van der Waals surface area contributed by atoms with Gasteiger partial charge < -0.3 is 0 Å².